The van der Waals surface area contributed by atoms with Crippen LogP contribution in [0.2, 0.25) is 13.1 Å². The van der Waals surface area contributed by atoms with E-state index in [-0.39, 0.29) is 50.8 Å². The second-order valence-corrected chi connectivity index (χ2v) is 9.11. The van der Waals surface area contributed by atoms with Crippen molar-refractivity contribution >= 4 is 25.8 Å². The molecule has 2 aromatic carbocycles. The van der Waals surface area contributed by atoms with E-state index in [4.69, 9.17) is 4.74 Å². The van der Waals surface area contributed by atoms with E-state index in [9.17, 15) is 4.79 Å². The van der Waals surface area contributed by atoms with Gasteiger partial charge in [-0.25, -0.2) is 0 Å². The molecule has 2 aromatic rings. The summed E-state index contributed by atoms with van der Waals surface area (Å²) in [6, 6.07) is 19.7. The third-order valence-electron chi connectivity index (χ3n) is 3.38. The molecule has 150 valence electrons. The molecule has 1 atom stereocenters. The average molecular weight is 438 g/mol. The Kier molecular flexibility index (Phi) is 17.3. The van der Waals surface area contributed by atoms with E-state index in [0.29, 0.717) is 11.6 Å². The summed E-state index contributed by atoms with van der Waals surface area (Å²) in [5.74, 6) is 0.446. The van der Waals surface area contributed by atoms with Gasteiger partial charge in [0.05, 0.1) is 8.80 Å². The normalized spacial score (nSPS) is 11.0. The number of hydrogen-bond acceptors (Lipinski definition) is 2. The zero-order chi connectivity index (χ0) is 19.4. The molecule has 1 unspecified atom stereocenters. The number of ether oxygens (including phenoxy) is 1. The third-order valence-corrected chi connectivity index (χ3v) is 4.87. The number of amides is 1. The summed E-state index contributed by atoms with van der Waals surface area (Å²) in [4.78, 5) is 11.4. The molecule has 0 heterocycles. The molecule has 1 amide bonds. The minimum absolute atomic E-state index is 0. The summed E-state index contributed by atoms with van der Waals surface area (Å²) in [6.45, 7) is 10.6. The maximum Gasteiger partial charge on any atom is 1.00 e. The molecule has 6 heteroatoms. The number of carbonyl (C=O) groups is 1. The molecule has 0 saturated carbocycles. The standard InChI is InChI=1S/C14H19NO2.C8H11Si.Cu.Li/c1-11(2)9-10-12(3)17-14(16)15-13-7-5-4-6-8-13;1-9(2)8-6-4-3-5-7-8;;/h4-12H,1-3H3,(H,15,16);3-7H,1-2H3;;/q;;;+1/p-1/b10-9-;;;. The van der Waals surface area contributed by atoms with Crippen LogP contribution in [-0.4, -0.2) is 21.0 Å². The fourth-order valence-electron chi connectivity index (χ4n) is 1.98. The van der Waals surface area contributed by atoms with Gasteiger partial charge in [0.2, 0.25) is 6.09 Å². The van der Waals surface area contributed by atoms with Crippen molar-refractivity contribution in [3.63, 3.8) is 0 Å². The van der Waals surface area contributed by atoms with Crippen LogP contribution >= 0.6 is 0 Å². The average Bonchev–Trinajstić information content (AvgIpc) is 2.62. The summed E-state index contributed by atoms with van der Waals surface area (Å²) in [5, 5.41) is 5.35. The van der Waals surface area contributed by atoms with Crippen molar-refractivity contribution in [1.29, 1.82) is 0 Å². The maximum absolute atomic E-state index is 11.4. The van der Waals surface area contributed by atoms with Crippen molar-refractivity contribution < 1.29 is 45.5 Å². The van der Waals surface area contributed by atoms with Crippen LogP contribution in [0, 0.1) is 5.92 Å². The van der Waals surface area contributed by atoms with Crippen LogP contribution in [0.25, 0.3) is 5.32 Å². The summed E-state index contributed by atoms with van der Waals surface area (Å²) in [6.07, 6.45) is 3.05. The summed E-state index contributed by atoms with van der Waals surface area (Å²) >= 11 is 0. The molecular formula is C22H29CuLiNO2Si. The number of carbonyl (C=O) groups excluding carboxylic acids is 1. The Morgan fingerprint density at radius 1 is 0.929 bits per heavy atom. The molecule has 0 fully saturated rings. The van der Waals surface area contributed by atoms with Gasteiger partial charge in [0.15, 0.2) is 0 Å². The van der Waals surface area contributed by atoms with Gasteiger partial charge < -0.3 is 10.1 Å². The summed E-state index contributed by atoms with van der Waals surface area (Å²) < 4.78 is 5.11. The van der Waals surface area contributed by atoms with Crippen LogP contribution in [0.1, 0.15) is 20.8 Å². The predicted octanol–water partition coefficient (Wildman–Crippen LogP) is 3.08. The van der Waals surface area contributed by atoms with Gasteiger partial charge in [-0.1, -0.05) is 98.9 Å². The molecule has 0 spiro atoms. The molecule has 0 bridgehead atoms. The van der Waals surface area contributed by atoms with Gasteiger partial charge in [0, 0.05) is 17.1 Å². The largest absolute Gasteiger partial charge is 1.00 e. The molecule has 0 N–H and O–H groups in total. The second kappa shape index (κ2) is 16.7. The number of benzene rings is 2. The minimum atomic E-state index is -0.558. The molecule has 0 aliphatic rings. The molecular weight excluding hydrogens is 409 g/mol. The van der Waals surface area contributed by atoms with Crippen LogP contribution in [-0.2, 0) is 21.8 Å². The monoisotopic (exact) mass is 437 g/mol. The molecule has 0 aliphatic heterocycles. The van der Waals surface area contributed by atoms with E-state index >= 15 is 0 Å². The van der Waals surface area contributed by atoms with Gasteiger partial charge >= 0.3 is 18.9 Å². The Bertz CT molecular complexity index is 667. The van der Waals surface area contributed by atoms with E-state index in [1.165, 1.54) is 5.19 Å². The molecule has 28 heavy (non-hydrogen) atoms. The van der Waals surface area contributed by atoms with E-state index in [2.05, 4.69) is 62.6 Å². The smallest absolute Gasteiger partial charge is 0.591 e. The van der Waals surface area contributed by atoms with Gasteiger partial charge in [-0.15, -0.1) is 5.69 Å². The van der Waals surface area contributed by atoms with Crippen LogP contribution in [0.4, 0.5) is 10.5 Å². The van der Waals surface area contributed by atoms with Crippen LogP contribution in [0.15, 0.2) is 72.8 Å². The van der Waals surface area contributed by atoms with Crippen molar-refractivity contribution in [2.45, 2.75) is 40.0 Å². The van der Waals surface area contributed by atoms with Crippen LogP contribution < -0.4 is 24.0 Å². The van der Waals surface area contributed by atoms with Gasteiger partial charge in [-0.2, -0.15) is 0 Å². The Hall–Kier alpha value is -1.22. The quantitative estimate of drug-likeness (QED) is 0.532. The Labute approximate surface area is 194 Å². The van der Waals surface area contributed by atoms with Gasteiger partial charge in [-0.3, -0.25) is 4.79 Å². The number of para-hydroxylation sites is 1. The number of hydrogen-bond donors (Lipinski definition) is 0. The first-order chi connectivity index (χ1) is 12.4. The van der Waals surface area contributed by atoms with Crippen molar-refractivity contribution in [2.75, 3.05) is 0 Å². The maximum atomic E-state index is 11.4. The van der Waals surface area contributed by atoms with E-state index < -0.39 is 6.09 Å². The second-order valence-electron chi connectivity index (χ2n) is 6.53. The van der Waals surface area contributed by atoms with Gasteiger partial charge in [0.1, 0.15) is 6.10 Å². The van der Waals surface area contributed by atoms with Crippen molar-refractivity contribution in [2.24, 2.45) is 5.92 Å². The molecule has 3 nitrogen and oxygen atoms in total. The van der Waals surface area contributed by atoms with Gasteiger partial charge in [0.25, 0.3) is 0 Å². The first kappa shape index (κ1) is 29.0. The summed E-state index contributed by atoms with van der Waals surface area (Å²) in [5.41, 5.74) is 0.609. The molecule has 0 aromatic heterocycles. The number of rotatable bonds is 5. The summed E-state index contributed by atoms with van der Waals surface area (Å²) in [7, 11) is -0.212. The predicted molar refractivity (Wildman–Crippen MR) is 113 cm³/mol. The number of nitrogens with zero attached hydrogens (tertiary/aromatic N) is 1. The Morgan fingerprint density at radius 3 is 1.86 bits per heavy atom. The van der Waals surface area contributed by atoms with Crippen LogP contribution in [0.5, 0.6) is 0 Å². The third kappa shape index (κ3) is 13.9. The molecule has 0 aliphatic carbocycles. The fourth-order valence-corrected chi connectivity index (χ4v) is 2.84. The molecule has 0 saturated heterocycles. The molecule has 2 rings (SSSR count). The first-order valence-corrected chi connectivity index (χ1v) is 11.4. The van der Waals surface area contributed by atoms with Crippen molar-refractivity contribution in [1.82, 2.24) is 0 Å². The first-order valence-electron chi connectivity index (χ1n) is 8.89. The number of allylic oxidation sites excluding steroid dienone is 1. The van der Waals surface area contributed by atoms with Crippen LogP contribution in [0.3, 0.4) is 0 Å². The Morgan fingerprint density at radius 2 is 1.43 bits per heavy atom. The minimum Gasteiger partial charge on any atom is -0.591 e. The fraction of sp³-hybridized carbons (Fsp3) is 0.318. The van der Waals surface area contributed by atoms with E-state index in [1.807, 2.05) is 37.3 Å². The Balaban J connectivity index is 0. The van der Waals surface area contributed by atoms with Crippen molar-refractivity contribution in [3.05, 3.63) is 78.1 Å². The van der Waals surface area contributed by atoms with E-state index in [0.717, 1.165) is 0 Å². The topological polar surface area (TPSA) is 40.4 Å². The van der Waals surface area contributed by atoms with Crippen molar-refractivity contribution in [3.8, 4) is 0 Å². The zero-order valence-corrected chi connectivity index (χ0v) is 19.6. The van der Waals surface area contributed by atoms with E-state index in [1.54, 1.807) is 12.1 Å². The SMILES string of the molecule is CC(C)/C=C\C(C)OC(=O)[N-]c1ccccc1.C[Si](C)c1ccccc1.[Cu].[Li+]. The zero-order valence-electron chi connectivity index (χ0n) is 17.6. The molecule has 2 radical (unpaired) electrons. The van der Waals surface area contributed by atoms with Gasteiger partial charge in [-0.05, 0) is 18.9 Å².